The molecular formula is C108H72N16O4. The van der Waals surface area contributed by atoms with E-state index in [1.54, 1.807) is 24.8 Å². The maximum atomic E-state index is 6.21. The molecule has 0 aliphatic heterocycles. The van der Waals surface area contributed by atoms with Gasteiger partial charge < -0.3 is 17.7 Å². The van der Waals surface area contributed by atoms with Crippen LogP contribution >= 0.6 is 0 Å². The van der Waals surface area contributed by atoms with Crippen molar-refractivity contribution in [2.75, 3.05) is 0 Å². The van der Waals surface area contributed by atoms with Crippen LogP contribution in [0.1, 0.15) is 23.3 Å². The average molecular weight is 1660 g/mol. The van der Waals surface area contributed by atoms with Crippen molar-refractivity contribution < 1.29 is 17.7 Å². The van der Waals surface area contributed by atoms with Crippen molar-refractivity contribution in [1.29, 1.82) is 0 Å². The van der Waals surface area contributed by atoms with E-state index in [2.05, 4.69) is 122 Å². The molecule has 0 saturated carbocycles. The Labute approximate surface area is 732 Å². The van der Waals surface area contributed by atoms with E-state index in [1.165, 1.54) is 0 Å². The normalized spacial score (nSPS) is 11.3. The second-order valence-corrected chi connectivity index (χ2v) is 30.4. The standard InChI is InChI=1S/4C27H18N4O/c1-17-29-26(22-11-3-2-9-19(22)18-8-7-15-28-16-18)31-27(30-17)23-13-6-12-21-20-10-4-5-14-24(20)32-25(21)23;1-17-29-26(20-10-3-2-9-19(20)18-8-7-15-28-16-18)31-27(30-17)22-12-6-14-24-25(22)21-11-4-5-13-23(21)32-24;1-17-29-26(18-12-13-22-21-9-4-5-11-24(21)32-25(22)15-18)31-27(30-17)23-10-3-2-8-20(23)19-7-6-14-28-16-19;1-17-29-26(18-12-13-25-23(15-18)21-9-4-5-11-24(21)32-25)31-27(30-17)22-10-3-2-8-20(22)19-7-6-14-28-16-19/h4*2-16H,1H3. The summed E-state index contributed by atoms with van der Waals surface area (Å²) >= 11 is 0. The fraction of sp³-hybridized carbons (Fsp3) is 0.0370. The lowest BCUT2D eigenvalue weighted by atomic mass is 10.0. The highest BCUT2D eigenvalue weighted by molar-refractivity contribution is 6.13. The first-order chi connectivity index (χ1) is 63.1. The van der Waals surface area contributed by atoms with Crippen LogP contribution < -0.4 is 0 Å². The second-order valence-electron chi connectivity index (χ2n) is 30.4. The van der Waals surface area contributed by atoms with Gasteiger partial charge in [0.25, 0.3) is 0 Å². The van der Waals surface area contributed by atoms with Crippen LogP contribution in [0.3, 0.4) is 0 Å². The third kappa shape index (κ3) is 15.5. The molecule has 12 aromatic heterocycles. The van der Waals surface area contributed by atoms with Gasteiger partial charge in [-0.15, -0.1) is 0 Å². The molecule has 12 heterocycles. The molecule has 0 bridgehead atoms. The lowest BCUT2D eigenvalue weighted by Crippen LogP contribution is -2.00. The topological polar surface area (TPSA) is 259 Å². The number of benzene rings is 12. The Bertz CT molecular complexity index is 8270. The van der Waals surface area contributed by atoms with Gasteiger partial charge in [0.2, 0.25) is 0 Å². The van der Waals surface area contributed by atoms with Gasteiger partial charge >= 0.3 is 0 Å². The fourth-order valence-corrected chi connectivity index (χ4v) is 16.3. The van der Waals surface area contributed by atoms with Gasteiger partial charge in [0, 0.05) is 154 Å². The maximum absolute atomic E-state index is 6.21. The third-order valence-electron chi connectivity index (χ3n) is 22.1. The minimum Gasteiger partial charge on any atom is -0.456 e. The fourth-order valence-electron chi connectivity index (χ4n) is 16.3. The van der Waals surface area contributed by atoms with Crippen LogP contribution in [0.2, 0.25) is 0 Å². The highest BCUT2D eigenvalue weighted by Crippen LogP contribution is 2.42. The summed E-state index contributed by atoms with van der Waals surface area (Å²) in [5.74, 6) is 7.67. The summed E-state index contributed by atoms with van der Waals surface area (Å²) in [6.07, 6.45) is 14.5. The summed E-state index contributed by atoms with van der Waals surface area (Å²) in [4.78, 5) is 73.8. The van der Waals surface area contributed by atoms with E-state index in [1.807, 2.05) is 301 Å². The quantitative estimate of drug-likeness (QED) is 0.110. The Kier molecular flexibility index (Phi) is 20.7. The van der Waals surface area contributed by atoms with Gasteiger partial charge in [0.05, 0.1) is 5.56 Å². The Morgan fingerprint density at radius 3 is 0.914 bits per heavy atom. The zero-order valence-electron chi connectivity index (χ0n) is 69.4. The summed E-state index contributed by atoms with van der Waals surface area (Å²) in [5.41, 5.74) is 22.3. The predicted octanol–water partition coefficient (Wildman–Crippen LogP) is 25.9. The maximum Gasteiger partial charge on any atom is 0.167 e. The molecule has 0 radical (unpaired) electrons. The first-order valence-corrected chi connectivity index (χ1v) is 41.6. The molecule has 20 heteroatoms. The number of aromatic nitrogens is 16. The zero-order valence-corrected chi connectivity index (χ0v) is 69.4. The summed E-state index contributed by atoms with van der Waals surface area (Å²) in [6.45, 7) is 7.57. The monoisotopic (exact) mass is 1660 g/mol. The molecule has 608 valence electrons. The van der Waals surface area contributed by atoms with Crippen molar-refractivity contribution in [3.63, 3.8) is 0 Å². The van der Waals surface area contributed by atoms with Gasteiger partial charge in [-0.25, -0.2) is 59.8 Å². The van der Waals surface area contributed by atoms with E-state index < -0.39 is 0 Å². The molecule has 0 N–H and O–H groups in total. The molecule has 0 atom stereocenters. The molecule has 0 aliphatic carbocycles. The molecule has 20 nitrogen and oxygen atoms in total. The van der Waals surface area contributed by atoms with E-state index in [4.69, 9.17) is 42.6 Å². The average Bonchev–Trinajstić information content (AvgIpc) is 1.60. The Balaban J connectivity index is 0.000000104. The Morgan fingerprint density at radius 2 is 0.461 bits per heavy atom. The smallest absolute Gasteiger partial charge is 0.167 e. The summed E-state index contributed by atoms with van der Waals surface area (Å²) in [7, 11) is 0. The molecule has 24 aromatic rings. The highest BCUT2D eigenvalue weighted by Gasteiger charge is 2.23. The van der Waals surface area contributed by atoms with E-state index in [0.717, 1.165) is 177 Å². The van der Waals surface area contributed by atoms with Crippen molar-refractivity contribution >= 4 is 87.8 Å². The van der Waals surface area contributed by atoms with Gasteiger partial charge in [-0.05, 0) is 141 Å². The minimum atomic E-state index is 0.596. The number of para-hydroxylation sites is 5. The molecule has 0 saturated heterocycles. The van der Waals surface area contributed by atoms with Crippen molar-refractivity contribution in [2.45, 2.75) is 27.7 Å². The Hall–Kier alpha value is -17.5. The first-order valence-electron chi connectivity index (χ1n) is 41.6. The number of furan rings is 4. The summed E-state index contributed by atoms with van der Waals surface area (Å²) in [5, 5.41) is 8.51. The highest BCUT2D eigenvalue weighted by atomic mass is 16.3. The number of hydrogen-bond acceptors (Lipinski definition) is 20. The molecule has 0 spiro atoms. The van der Waals surface area contributed by atoms with E-state index >= 15 is 0 Å². The van der Waals surface area contributed by atoms with Gasteiger partial charge in [-0.2, -0.15) is 0 Å². The van der Waals surface area contributed by atoms with Gasteiger partial charge in [0.1, 0.15) is 68.0 Å². The van der Waals surface area contributed by atoms with Gasteiger partial charge in [-0.1, -0.05) is 224 Å². The van der Waals surface area contributed by atoms with Crippen molar-refractivity contribution in [1.82, 2.24) is 79.7 Å². The third-order valence-corrected chi connectivity index (χ3v) is 22.1. The van der Waals surface area contributed by atoms with E-state index in [9.17, 15) is 0 Å². The number of pyridine rings is 4. The van der Waals surface area contributed by atoms with E-state index in [-0.39, 0.29) is 0 Å². The number of rotatable bonds is 12. The second kappa shape index (κ2) is 34.1. The van der Waals surface area contributed by atoms with Gasteiger partial charge in [0.15, 0.2) is 46.6 Å². The van der Waals surface area contributed by atoms with Crippen LogP contribution in [0, 0.1) is 27.7 Å². The number of hydrogen-bond donors (Lipinski definition) is 0. The molecule has 128 heavy (non-hydrogen) atoms. The number of aryl methyl sites for hydroxylation is 4. The summed E-state index contributed by atoms with van der Waals surface area (Å²) in [6, 6.07) is 105. The molecule has 0 fully saturated rings. The van der Waals surface area contributed by atoms with Crippen LogP contribution in [0.4, 0.5) is 0 Å². The number of fused-ring (bicyclic) bond motifs is 12. The van der Waals surface area contributed by atoms with Gasteiger partial charge in [-0.3, -0.25) is 19.9 Å². The molecular weight excluding hydrogens is 1590 g/mol. The molecule has 24 rings (SSSR count). The summed E-state index contributed by atoms with van der Waals surface area (Å²) < 4.78 is 24.3. The van der Waals surface area contributed by atoms with E-state index in [0.29, 0.717) is 69.9 Å². The van der Waals surface area contributed by atoms with Crippen LogP contribution in [0.15, 0.2) is 383 Å². The van der Waals surface area contributed by atoms with Crippen LogP contribution in [0.5, 0.6) is 0 Å². The zero-order chi connectivity index (χ0) is 86.0. The van der Waals surface area contributed by atoms with Crippen LogP contribution in [0.25, 0.3) is 223 Å². The lowest BCUT2D eigenvalue weighted by Gasteiger charge is -2.11. The molecule has 12 aromatic carbocycles. The molecule has 0 amide bonds. The van der Waals surface area contributed by atoms with Crippen molar-refractivity contribution in [2.24, 2.45) is 0 Å². The number of nitrogens with zero attached hydrogens (tertiary/aromatic N) is 16. The van der Waals surface area contributed by atoms with Crippen LogP contribution in [-0.2, 0) is 0 Å². The molecule has 0 unspecified atom stereocenters. The lowest BCUT2D eigenvalue weighted by molar-refractivity contribution is 0.668. The first kappa shape index (κ1) is 77.8. The Morgan fingerprint density at radius 1 is 0.172 bits per heavy atom. The van der Waals surface area contributed by atoms with Crippen LogP contribution in [-0.4, -0.2) is 79.7 Å². The predicted molar refractivity (Wildman–Crippen MR) is 504 cm³/mol. The van der Waals surface area contributed by atoms with Crippen molar-refractivity contribution in [3.8, 4) is 136 Å². The van der Waals surface area contributed by atoms with Crippen molar-refractivity contribution in [3.05, 3.63) is 388 Å². The molecule has 0 aliphatic rings. The minimum absolute atomic E-state index is 0.596. The largest absolute Gasteiger partial charge is 0.456 e. The SMILES string of the molecule is Cc1nc(-c2ccc3c(c2)oc2ccccc23)nc(-c2ccccc2-c2cccnc2)n1.Cc1nc(-c2ccc3oc4ccccc4c3c2)nc(-c2ccccc2-c2cccnc2)n1.Cc1nc(-c2ccccc2-c2cccnc2)nc(-c2cccc3c2oc2ccccc23)n1.Cc1nc(-c2ccccc2-c2cccnc2)nc(-c2cccc3oc4ccccc4c23)n1.